The summed E-state index contributed by atoms with van der Waals surface area (Å²) >= 11 is 0. The van der Waals surface area contributed by atoms with Crippen molar-refractivity contribution < 1.29 is 0 Å². The Morgan fingerprint density at radius 3 is 2.88 bits per heavy atom. The van der Waals surface area contributed by atoms with Crippen LogP contribution in [-0.2, 0) is 7.05 Å². The third kappa shape index (κ3) is 2.24. The predicted molar refractivity (Wildman–Crippen MR) is 92.1 cm³/mol. The van der Waals surface area contributed by atoms with E-state index in [-0.39, 0.29) is 11.7 Å². The molecule has 3 aromatic heterocycles. The number of nitrogens with zero attached hydrogens (tertiary/aromatic N) is 6. The highest BCUT2D eigenvalue weighted by atomic mass is 16.1. The summed E-state index contributed by atoms with van der Waals surface area (Å²) in [4.78, 5) is 27.4. The van der Waals surface area contributed by atoms with E-state index in [4.69, 9.17) is 0 Å². The molecule has 1 aliphatic carbocycles. The Kier molecular flexibility index (Phi) is 3.13. The highest BCUT2D eigenvalue weighted by molar-refractivity contribution is 5.88. The van der Waals surface area contributed by atoms with Gasteiger partial charge >= 0.3 is 5.69 Å². The molecule has 2 atom stereocenters. The molecule has 0 bridgehead atoms. The molecule has 2 fully saturated rings. The third-order valence-corrected chi connectivity index (χ3v) is 5.54. The molecule has 4 heterocycles. The lowest BCUT2D eigenvalue weighted by molar-refractivity contribution is 0.406. The summed E-state index contributed by atoms with van der Waals surface area (Å²) in [6.45, 7) is 0.897. The van der Waals surface area contributed by atoms with E-state index in [2.05, 4.69) is 30.0 Å². The summed E-state index contributed by atoms with van der Waals surface area (Å²) in [7, 11) is 1.78. The second-order valence-electron chi connectivity index (χ2n) is 6.96. The molecule has 25 heavy (non-hydrogen) atoms. The van der Waals surface area contributed by atoms with Gasteiger partial charge in [-0.1, -0.05) is 0 Å². The fraction of sp³-hybridized carbons (Fsp3) is 0.471. The Labute approximate surface area is 143 Å². The van der Waals surface area contributed by atoms with Gasteiger partial charge in [-0.25, -0.2) is 24.8 Å². The van der Waals surface area contributed by atoms with Gasteiger partial charge in [-0.05, 0) is 37.2 Å². The summed E-state index contributed by atoms with van der Waals surface area (Å²) < 4.78 is 1.62. The Hall–Kier alpha value is -2.77. The fourth-order valence-electron chi connectivity index (χ4n) is 4.15. The van der Waals surface area contributed by atoms with Gasteiger partial charge in [-0.15, -0.1) is 0 Å². The largest absolute Gasteiger partial charge is 0.345 e. The first-order valence-corrected chi connectivity index (χ1v) is 8.66. The van der Waals surface area contributed by atoms with Gasteiger partial charge in [-0.3, -0.25) is 4.57 Å². The number of aromatic amines is 1. The average molecular weight is 337 g/mol. The lowest BCUT2D eigenvalue weighted by Gasteiger charge is -2.28. The van der Waals surface area contributed by atoms with Crippen molar-refractivity contribution in [1.82, 2.24) is 29.7 Å². The Balaban J connectivity index is 1.66. The fourth-order valence-corrected chi connectivity index (χ4v) is 4.15. The quantitative estimate of drug-likeness (QED) is 0.777. The average Bonchev–Trinajstić information content (AvgIpc) is 3.32. The second kappa shape index (κ2) is 5.37. The van der Waals surface area contributed by atoms with Crippen molar-refractivity contribution in [3.63, 3.8) is 0 Å². The molecule has 3 aromatic rings. The van der Waals surface area contributed by atoms with Gasteiger partial charge < -0.3 is 4.90 Å². The molecule has 1 N–H and O–H groups in total. The Morgan fingerprint density at radius 2 is 2.12 bits per heavy atom. The van der Waals surface area contributed by atoms with Gasteiger partial charge in [0.1, 0.15) is 12.1 Å². The maximum Gasteiger partial charge on any atom is 0.343 e. The molecule has 0 amide bonds. The van der Waals surface area contributed by atoms with Crippen LogP contribution >= 0.6 is 0 Å². The van der Waals surface area contributed by atoms with Crippen molar-refractivity contribution >= 4 is 16.7 Å². The van der Waals surface area contributed by atoms with E-state index in [1.54, 1.807) is 24.1 Å². The SMILES string of the molecule is Cn1c(C2C(C3CC3)CCN2c2nccc3ncncc23)n[nH]c1=O. The van der Waals surface area contributed by atoms with E-state index in [0.29, 0.717) is 11.8 Å². The molecule has 128 valence electrons. The minimum Gasteiger partial charge on any atom is -0.345 e. The number of hydrogen-bond donors (Lipinski definition) is 1. The summed E-state index contributed by atoms with van der Waals surface area (Å²) in [5, 5.41) is 7.86. The normalized spacial score (nSPS) is 23.5. The summed E-state index contributed by atoms with van der Waals surface area (Å²) in [6.07, 6.45) is 8.77. The summed E-state index contributed by atoms with van der Waals surface area (Å²) in [5.74, 6) is 2.88. The van der Waals surface area contributed by atoms with Gasteiger partial charge in [0.25, 0.3) is 0 Å². The standard InChI is InChI=1S/C17H19N7O/c1-23-16(21-22-17(23)25)14-11(10-2-3-10)5-7-24(14)15-12-8-18-9-20-13(12)4-6-19-15/h4,6,8-11,14H,2-3,5,7H2,1H3,(H,22,25). The zero-order chi connectivity index (χ0) is 17.0. The zero-order valence-electron chi connectivity index (χ0n) is 14.0. The number of nitrogens with one attached hydrogen (secondary N) is 1. The van der Waals surface area contributed by atoms with Crippen molar-refractivity contribution in [2.24, 2.45) is 18.9 Å². The maximum atomic E-state index is 11.9. The Bertz CT molecular complexity index is 985. The molecule has 0 aromatic carbocycles. The number of fused-ring (bicyclic) bond motifs is 1. The van der Waals surface area contributed by atoms with Gasteiger partial charge in [0.2, 0.25) is 0 Å². The van der Waals surface area contributed by atoms with Crippen LogP contribution < -0.4 is 10.6 Å². The van der Waals surface area contributed by atoms with Crippen LogP contribution in [0.15, 0.2) is 29.6 Å². The van der Waals surface area contributed by atoms with Crippen LogP contribution in [0.1, 0.15) is 31.1 Å². The van der Waals surface area contributed by atoms with E-state index >= 15 is 0 Å². The molecule has 2 unspecified atom stereocenters. The number of rotatable bonds is 3. The minimum atomic E-state index is -0.175. The lowest BCUT2D eigenvalue weighted by atomic mass is 9.94. The van der Waals surface area contributed by atoms with E-state index in [1.165, 1.54) is 12.8 Å². The number of H-pyrrole nitrogens is 1. The number of anilines is 1. The lowest BCUT2D eigenvalue weighted by Crippen LogP contribution is -2.30. The third-order valence-electron chi connectivity index (χ3n) is 5.54. The molecule has 8 nitrogen and oxygen atoms in total. The molecule has 1 aliphatic heterocycles. The van der Waals surface area contributed by atoms with Gasteiger partial charge in [0.15, 0.2) is 5.82 Å². The van der Waals surface area contributed by atoms with Crippen molar-refractivity contribution in [1.29, 1.82) is 0 Å². The van der Waals surface area contributed by atoms with E-state index in [0.717, 1.165) is 35.5 Å². The molecule has 0 radical (unpaired) electrons. The highest BCUT2D eigenvalue weighted by Crippen LogP contribution is 2.51. The van der Waals surface area contributed by atoms with Crippen molar-refractivity contribution in [3.8, 4) is 0 Å². The first-order chi connectivity index (χ1) is 12.2. The first-order valence-electron chi connectivity index (χ1n) is 8.66. The van der Waals surface area contributed by atoms with Crippen molar-refractivity contribution in [2.75, 3.05) is 11.4 Å². The zero-order valence-corrected chi connectivity index (χ0v) is 14.0. The molecule has 2 aliphatic rings. The van der Waals surface area contributed by atoms with E-state index in [1.807, 2.05) is 12.3 Å². The Morgan fingerprint density at radius 1 is 1.24 bits per heavy atom. The highest BCUT2D eigenvalue weighted by Gasteiger charge is 2.46. The number of pyridine rings is 1. The minimum absolute atomic E-state index is 0.0507. The molecule has 0 spiro atoms. The monoisotopic (exact) mass is 337 g/mol. The molecule has 5 rings (SSSR count). The van der Waals surface area contributed by atoms with Crippen LogP contribution in [0.4, 0.5) is 5.82 Å². The van der Waals surface area contributed by atoms with Crippen LogP contribution in [0, 0.1) is 11.8 Å². The van der Waals surface area contributed by atoms with E-state index in [9.17, 15) is 4.79 Å². The van der Waals surface area contributed by atoms with Crippen LogP contribution in [0.3, 0.4) is 0 Å². The van der Waals surface area contributed by atoms with E-state index < -0.39 is 0 Å². The van der Waals surface area contributed by atoms with Gasteiger partial charge in [0, 0.05) is 26.0 Å². The maximum absolute atomic E-state index is 11.9. The molecular weight excluding hydrogens is 318 g/mol. The van der Waals surface area contributed by atoms with Gasteiger partial charge in [0.05, 0.1) is 16.9 Å². The smallest absolute Gasteiger partial charge is 0.343 e. The van der Waals surface area contributed by atoms with Crippen molar-refractivity contribution in [2.45, 2.75) is 25.3 Å². The first kappa shape index (κ1) is 14.6. The molecule has 8 heteroatoms. The molecular formula is C17H19N7O. The topological polar surface area (TPSA) is 92.6 Å². The number of aromatic nitrogens is 6. The second-order valence-corrected chi connectivity index (χ2v) is 6.96. The van der Waals surface area contributed by atoms with Crippen molar-refractivity contribution in [3.05, 3.63) is 41.1 Å². The molecule has 1 saturated heterocycles. The van der Waals surface area contributed by atoms with Crippen LogP contribution in [0.2, 0.25) is 0 Å². The number of hydrogen-bond acceptors (Lipinski definition) is 6. The van der Waals surface area contributed by atoms with Gasteiger partial charge in [-0.2, -0.15) is 5.10 Å². The molecule has 1 saturated carbocycles. The van der Waals surface area contributed by atoms with Crippen LogP contribution in [0.5, 0.6) is 0 Å². The summed E-state index contributed by atoms with van der Waals surface area (Å²) in [5.41, 5.74) is 0.704. The predicted octanol–water partition coefficient (Wildman–Crippen LogP) is 1.42. The summed E-state index contributed by atoms with van der Waals surface area (Å²) in [6, 6.07) is 1.95. The van der Waals surface area contributed by atoms with Crippen LogP contribution in [-0.4, -0.2) is 36.3 Å². The van der Waals surface area contributed by atoms with Crippen LogP contribution in [0.25, 0.3) is 10.9 Å².